The van der Waals surface area contributed by atoms with Gasteiger partial charge in [-0.1, -0.05) is 26.0 Å². The van der Waals surface area contributed by atoms with Gasteiger partial charge >= 0.3 is 0 Å². The van der Waals surface area contributed by atoms with Gasteiger partial charge in [-0.05, 0) is 30.4 Å². The van der Waals surface area contributed by atoms with E-state index in [1.807, 2.05) is 4.90 Å². The fourth-order valence-electron chi connectivity index (χ4n) is 3.73. The number of piperidine rings is 1. The summed E-state index contributed by atoms with van der Waals surface area (Å²) in [5, 5.41) is 0. The Morgan fingerprint density at radius 2 is 1.72 bits per heavy atom. The molecule has 6 heteroatoms. The molecule has 0 bridgehead atoms. The molecule has 0 aliphatic carbocycles. The number of hydrogen-bond donors (Lipinski definition) is 0. The normalized spacial score (nSPS) is 24.0. The Hall–Kier alpha value is -2.11. The third-order valence-electron chi connectivity index (χ3n) is 4.95. The van der Waals surface area contributed by atoms with E-state index in [4.69, 9.17) is 4.74 Å². The maximum Gasteiger partial charge on any atom is 0.260 e. The minimum Gasteiger partial charge on any atom is -0.481 e. The first-order chi connectivity index (χ1) is 11.9. The van der Waals surface area contributed by atoms with Crippen LogP contribution < -0.4 is 4.74 Å². The molecule has 2 unspecified atom stereocenters. The standard InChI is InChI=1S/C19H25FN2O3/c1-13-7-14(2)9-22(8-13)19(24)15-10-21(11-15)18(23)12-25-17-6-4-3-5-16(17)20/h3-6,13-15H,7-12H2,1-2H3. The van der Waals surface area contributed by atoms with E-state index in [1.165, 1.54) is 12.1 Å². The van der Waals surface area contributed by atoms with Gasteiger partial charge in [0.05, 0.1) is 5.92 Å². The molecule has 2 aliphatic rings. The van der Waals surface area contributed by atoms with Crippen LogP contribution in [0.3, 0.4) is 0 Å². The van der Waals surface area contributed by atoms with E-state index in [-0.39, 0.29) is 30.1 Å². The summed E-state index contributed by atoms with van der Waals surface area (Å²) in [7, 11) is 0. The highest BCUT2D eigenvalue weighted by atomic mass is 19.1. The Labute approximate surface area is 147 Å². The van der Waals surface area contributed by atoms with Crippen LogP contribution in [0.25, 0.3) is 0 Å². The predicted molar refractivity (Wildman–Crippen MR) is 91.5 cm³/mol. The van der Waals surface area contributed by atoms with Crippen molar-refractivity contribution in [3.63, 3.8) is 0 Å². The SMILES string of the molecule is CC1CC(C)CN(C(=O)C2CN(C(=O)COc3ccccc3F)C2)C1. The first-order valence-electron chi connectivity index (χ1n) is 8.88. The number of rotatable bonds is 4. The lowest BCUT2D eigenvalue weighted by atomic mass is 9.89. The van der Waals surface area contributed by atoms with Gasteiger partial charge in [0.25, 0.3) is 5.91 Å². The summed E-state index contributed by atoms with van der Waals surface area (Å²) in [6.07, 6.45) is 1.16. The second kappa shape index (κ2) is 7.42. The number of para-hydroxylation sites is 1. The minimum atomic E-state index is -0.486. The van der Waals surface area contributed by atoms with Crippen LogP contribution in [-0.4, -0.2) is 54.4 Å². The lowest BCUT2D eigenvalue weighted by molar-refractivity contribution is -0.151. The number of carbonyl (C=O) groups excluding carboxylic acids is 2. The van der Waals surface area contributed by atoms with Gasteiger partial charge in [-0.3, -0.25) is 9.59 Å². The van der Waals surface area contributed by atoms with Crippen molar-refractivity contribution in [3.8, 4) is 5.75 Å². The van der Waals surface area contributed by atoms with Gasteiger partial charge in [0.15, 0.2) is 18.2 Å². The van der Waals surface area contributed by atoms with E-state index in [2.05, 4.69) is 13.8 Å². The summed E-state index contributed by atoms with van der Waals surface area (Å²) in [6.45, 7) is 6.61. The molecule has 5 nitrogen and oxygen atoms in total. The Morgan fingerprint density at radius 3 is 2.36 bits per heavy atom. The molecule has 0 spiro atoms. The molecule has 0 N–H and O–H groups in total. The number of halogens is 1. The summed E-state index contributed by atoms with van der Waals surface area (Å²) in [5.74, 6) is 0.458. The zero-order valence-electron chi connectivity index (χ0n) is 14.8. The molecule has 1 aromatic rings. The molecule has 2 atom stereocenters. The van der Waals surface area contributed by atoms with E-state index in [1.54, 1.807) is 17.0 Å². The Balaban J connectivity index is 1.44. The molecule has 2 amide bonds. The van der Waals surface area contributed by atoms with Gasteiger partial charge in [-0.2, -0.15) is 0 Å². The second-order valence-corrected chi connectivity index (χ2v) is 7.40. The van der Waals surface area contributed by atoms with Gasteiger partial charge in [0.2, 0.25) is 5.91 Å². The minimum absolute atomic E-state index is 0.0697. The fourth-order valence-corrected chi connectivity index (χ4v) is 3.73. The van der Waals surface area contributed by atoms with Crippen LogP contribution in [0.2, 0.25) is 0 Å². The van der Waals surface area contributed by atoms with Crippen LogP contribution in [0.5, 0.6) is 5.75 Å². The smallest absolute Gasteiger partial charge is 0.260 e. The van der Waals surface area contributed by atoms with E-state index < -0.39 is 5.82 Å². The quantitative estimate of drug-likeness (QED) is 0.838. The van der Waals surface area contributed by atoms with Crippen LogP contribution in [0.4, 0.5) is 4.39 Å². The predicted octanol–water partition coefficient (Wildman–Crippen LogP) is 2.17. The third kappa shape index (κ3) is 4.11. The maximum atomic E-state index is 13.5. The number of nitrogens with zero attached hydrogens (tertiary/aromatic N) is 2. The summed E-state index contributed by atoms with van der Waals surface area (Å²) < 4.78 is 18.7. The molecule has 2 fully saturated rings. The first kappa shape index (κ1) is 17.7. The molecule has 0 radical (unpaired) electrons. The van der Waals surface area contributed by atoms with E-state index in [0.717, 1.165) is 19.5 Å². The highest BCUT2D eigenvalue weighted by Crippen LogP contribution is 2.25. The van der Waals surface area contributed by atoms with Crippen molar-refractivity contribution in [1.82, 2.24) is 9.80 Å². The Kier molecular flexibility index (Phi) is 5.25. The van der Waals surface area contributed by atoms with Crippen molar-refractivity contribution in [2.45, 2.75) is 20.3 Å². The molecular formula is C19H25FN2O3. The van der Waals surface area contributed by atoms with Gasteiger partial charge < -0.3 is 14.5 Å². The first-order valence-corrected chi connectivity index (χ1v) is 8.88. The molecule has 2 aliphatic heterocycles. The van der Waals surface area contributed by atoms with Crippen molar-refractivity contribution in [2.24, 2.45) is 17.8 Å². The zero-order valence-corrected chi connectivity index (χ0v) is 14.8. The lowest BCUT2D eigenvalue weighted by Gasteiger charge is -2.43. The second-order valence-electron chi connectivity index (χ2n) is 7.40. The van der Waals surface area contributed by atoms with Gasteiger partial charge in [-0.25, -0.2) is 4.39 Å². The monoisotopic (exact) mass is 348 g/mol. The molecule has 0 saturated carbocycles. The van der Waals surface area contributed by atoms with Crippen molar-refractivity contribution in [3.05, 3.63) is 30.1 Å². The molecular weight excluding hydrogens is 323 g/mol. The Morgan fingerprint density at radius 1 is 1.08 bits per heavy atom. The van der Waals surface area contributed by atoms with Crippen molar-refractivity contribution in [1.29, 1.82) is 0 Å². The van der Waals surface area contributed by atoms with Crippen LogP contribution in [0.15, 0.2) is 24.3 Å². The largest absolute Gasteiger partial charge is 0.481 e. The Bertz CT molecular complexity index is 635. The fraction of sp³-hybridized carbons (Fsp3) is 0.579. The highest BCUT2D eigenvalue weighted by Gasteiger charge is 2.39. The summed E-state index contributed by atoms with van der Waals surface area (Å²) in [5.41, 5.74) is 0. The molecule has 2 saturated heterocycles. The number of amides is 2. The summed E-state index contributed by atoms with van der Waals surface area (Å²) in [6, 6.07) is 6.00. The molecule has 2 heterocycles. The van der Waals surface area contributed by atoms with Crippen LogP contribution in [0.1, 0.15) is 20.3 Å². The summed E-state index contributed by atoms with van der Waals surface area (Å²) in [4.78, 5) is 28.2. The van der Waals surface area contributed by atoms with E-state index in [9.17, 15) is 14.0 Å². The van der Waals surface area contributed by atoms with E-state index >= 15 is 0 Å². The van der Waals surface area contributed by atoms with Crippen molar-refractivity contribution in [2.75, 3.05) is 32.8 Å². The molecule has 136 valence electrons. The number of carbonyl (C=O) groups is 2. The molecule has 25 heavy (non-hydrogen) atoms. The zero-order chi connectivity index (χ0) is 18.0. The van der Waals surface area contributed by atoms with Crippen molar-refractivity contribution >= 4 is 11.8 Å². The van der Waals surface area contributed by atoms with Crippen LogP contribution in [-0.2, 0) is 9.59 Å². The van der Waals surface area contributed by atoms with Gasteiger partial charge in [0.1, 0.15) is 0 Å². The number of hydrogen-bond acceptors (Lipinski definition) is 3. The third-order valence-corrected chi connectivity index (χ3v) is 4.95. The topological polar surface area (TPSA) is 49.9 Å². The van der Waals surface area contributed by atoms with Crippen molar-refractivity contribution < 1.29 is 18.7 Å². The number of likely N-dealkylation sites (tertiary alicyclic amines) is 2. The molecule has 0 aromatic heterocycles. The average Bonchev–Trinajstić information content (AvgIpc) is 2.51. The summed E-state index contributed by atoms with van der Waals surface area (Å²) >= 11 is 0. The van der Waals surface area contributed by atoms with Crippen LogP contribution >= 0.6 is 0 Å². The molecule has 3 rings (SSSR count). The average molecular weight is 348 g/mol. The number of ether oxygens (including phenoxy) is 1. The van der Waals surface area contributed by atoms with E-state index in [0.29, 0.717) is 24.9 Å². The molecule has 1 aromatic carbocycles. The van der Waals surface area contributed by atoms with Crippen LogP contribution in [0, 0.1) is 23.6 Å². The maximum absolute atomic E-state index is 13.5. The van der Waals surface area contributed by atoms with Gasteiger partial charge in [0, 0.05) is 26.2 Å². The lowest BCUT2D eigenvalue weighted by Crippen LogP contribution is -2.58. The van der Waals surface area contributed by atoms with Gasteiger partial charge in [-0.15, -0.1) is 0 Å². The highest BCUT2D eigenvalue weighted by molar-refractivity contribution is 5.85. The number of benzene rings is 1.